The van der Waals surface area contributed by atoms with E-state index < -0.39 is 5.41 Å². The molecule has 5 nitrogen and oxygen atoms in total. The summed E-state index contributed by atoms with van der Waals surface area (Å²) < 4.78 is 0. The molecule has 0 aromatic rings. The minimum Gasteiger partial charge on any atom is -0.367 e. The van der Waals surface area contributed by atoms with E-state index in [9.17, 15) is 4.79 Å². The predicted molar refractivity (Wildman–Crippen MR) is 120 cm³/mol. The van der Waals surface area contributed by atoms with E-state index in [0.29, 0.717) is 0 Å². The summed E-state index contributed by atoms with van der Waals surface area (Å²) in [7, 11) is 0. The molecule has 0 amide bonds. The lowest BCUT2D eigenvalue weighted by Gasteiger charge is -2.38. The summed E-state index contributed by atoms with van der Waals surface area (Å²) >= 11 is 0. The minimum absolute atomic E-state index is 0.180. The van der Waals surface area contributed by atoms with Gasteiger partial charge >= 0.3 is 5.97 Å². The Morgan fingerprint density at radius 2 is 1.14 bits per heavy atom. The Hall–Kier alpha value is -1.26. The number of unbranched alkanes of at least 4 members (excludes halogenated alkanes) is 12. The number of nitrogens with zero attached hydrogens (tertiary/aromatic N) is 1. The second-order valence-electron chi connectivity index (χ2n) is 9.40. The van der Waals surface area contributed by atoms with Crippen LogP contribution in [0.25, 0.3) is 0 Å². The molecule has 0 atom stereocenters. The van der Waals surface area contributed by atoms with E-state index in [1.165, 1.54) is 77.0 Å². The van der Waals surface area contributed by atoms with Crippen LogP contribution in [0.4, 0.5) is 0 Å². The largest absolute Gasteiger partial charge is 0.367 e. The molecule has 0 radical (unpaired) electrons. The van der Waals surface area contributed by atoms with Gasteiger partial charge in [0.15, 0.2) is 0 Å². The Bertz CT molecular complexity index is 441. The normalized spacial score (nSPS) is 12.0. The average molecular weight is 398 g/mol. The zero-order chi connectivity index (χ0) is 21.5. The molecule has 0 saturated heterocycles. The van der Waals surface area contributed by atoms with E-state index in [0.717, 1.165) is 12.8 Å². The van der Waals surface area contributed by atoms with Crippen molar-refractivity contribution >= 4 is 11.9 Å². The van der Waals surface area contributed by atoms with E-state index in [4.69, 9.17) is 16.3 Å². The number of rotatable bonds is 17. The van der Waals surface area contributed by atoms with Crippen molar-refractivity contribution in [2.24, 2.45) is 27.5 Å². The molecule has 0 fully saturated rings. The molecule has 0 aliphatic carbocycles. The van der Waals surface area contributed by atoms with Crippen molar-refractivity contribution in [3.63, 3.8) is 0 Å². The second-order valence-corrected chi connectivity index (χ2v) is 9.40. The third-order valence-electron chi connectivity index (χ3n) is 6.34. The number of oxime groups is 1. The highest BCUT2D eigenvalue weighted by atomic mass is 16.7. The van der Waals surface area contributed by atoms with Crippen molar-refractivity contribution in [1.82, 2.24) is 0 Å². The van der Waals surface area contributed by atoms with Crippen LogP contribution in [-0.2, 0) is 9.63 Å². The number of carbonyl (C=O) groups excluding carboxylic acids is 1. The van der Waals surface area contributed by atoms with Gasteiger partial charge in [-0.15, -0.1) is 0 Å². The van der Waals surface area contributed by atoms with Gasteiger partial charge in [0.25, 0.3) is 0 Å². The van der Waals surface area contributed by atoms with E-state index in [-0.39, 0.29) is 17.3 Å². The molecule has 0 heterocycles. The van der Waals surface area contributed by atoms with E-state index >= 15 is 0 Å². The SMILES string of the molecule is CCCCCCCCCCCCCCCC(C)(C)C(C)(C)C(=O)ON=C(N)N. The van der Waals surface area contributed by atoms with Crippen molar-refractivity contribution < 1.29 is 9.63 Å². The van der Waals surface area contributed by atoms with Crippen LogP contribution in [0.5, 0.6) is 0 Å². The monoisotopic (exact) mass is 397 g/mol. The third kappa shape index (κ3) is 11.6. The highest BCUT2D eigenvalue weighted by Gasteiger charge is 2.44. The molecule has 0 aliphatic rings. The first-order valence-corrected chi connectivity index (χ1v) is 11.5. The zero-order valence-corrected chi connectivity index (χ0v) is 19.3. The van der Waals surface area contributed by atoms with Crippen LogP contribution in [0.2, 0.25) is 0 Å². The third-order valence-corrected chi connectivity index (χ3v) is 6.34. The molecule has 28 heavy (non-hydrogen) atoms. The van der Waals surface area contributed by atoms with Gasteiger partial charge in [0.05, 0.1) is 5.41 Å². The Labute approximate surface area is 174 Å². The van der Waals surface area contributed by atoms with Gasteiger partial charge in [0, 0.05) is 0 Å². The summed E-state index contributed by atoms with van der Waals surface area (Å²) in [6.45, 7) is 10.3. The number of carbonyl (C=O) groups is 1. The Balaban J connectivity index is 3.83. The zero-order valence-electron chi connectivity index (χ0n) is 19.3. The van der Waals surface area contributed by atoms with Gasteiger partial charge in [-0.1, -0.05) is 104 Å². The molecular weight excluding hydrogens is 350 g/mol. The predicted octanol–water partition coefficient (Wildman–Crippen LogP) is 6.25. The molecule has 0 rings (SSSR count). The van der Waals surface area contributed by atoms with Crippen LogP contribution in [0.1, 0.15) is 125 Å². The summed E-state index contributed by atoms with van der Waals surface area (Å²) in [5.41, 5.74) is 9.64. The van der Waals surface area contributed by atoms with Crippen LogP contribution in [0.3, 0.4) is 0 Å². The molecule has 0 aromatic carbocycles. The number of nitrogens with two attached hydrogens (primary N) is 2. The first-order valence-electron chi connectivity index (χ1n) is 11.5. The molecule has 4 N–H and O–H groups in total. The maximum absolute atomic E-state index is 12.3. The lowest BCUT2D eigenvalue weighted by Crippen LogP contribution is -2.40. The molecule has 0 unspecified atom stereocenters. The van der Waals surface area contributed by atoms with Crippen molar-refractivity contribution in [2.45, 2.75) is 125 Å². The van der Waals surface area contributed by atoms with E-state index in [1.807, 2.05) is 13.8 Å². The highest BCUT2D eigenvalue weighted by Crippen LogP contribution is 2.43. The standard InChI is InChI=1S/C23H47N3O2/c1-6-7-8-9-10-11-12-13-14-15-16-17-18-19-22(2,3)23(4,5)20(27)28-26-21(24)25/h6-19H2,1-5H3,(H4,24,25,26). The van der Waals surface area contributed by atoms with Crippen molar-refractivity contribution in [2.75, 3.05) is 0 Å². The van der Waals surface area contributed by atoms with Crippen LogP contribution in [-0.4, -0.2) is 11.9 Å². The summed E-state index contributed by atoms with van der Waals surface area (Å²) in [6, 6.07) is 0. The van der Waals surface area contributed by atoms with Gasteiger partial charge in [-0.3, -0.25) is 0 Å². The van der Waals surface area contributed by atoms with Crippen molar-refractivity contribution in [3.8, 4) is 0 Å². The molecule has 166 valence electrons. The minimum atomic E-state index is -0.650. The quantitative estimate of drug-likeness (QED) is 0.0997. The van der Waals surface area contributed by atoms with Crippen LogP contribution in [0.15, 0.2) is 5.16 Å². The topological polar surface area (TPSA) is 90.7 Å². The first-order chi connectivity index (χ1) is 13.1. The summed E-state index contributed by atoms with van der Waals surface area (Å²) in [4.78, 5) is 17.2. The van der Waals surface area contributed by atoms with E-state index in [2.05, 4.69) is 25.9 Å². The van der Waals surface area contributed by atoms with Gasteiger partial charge in [0.1, 0.15) is 0 Å². The van der Waals surface area contributed by atoms with Gasteiger partial charge in [-0.2, -0.15) is 0 Å². The lowest BCUT2D eigenvalue weighted by atomic mass is 9.65. The fourth-order valence-electron chi connectivity index (χ4n) is 3.38. The van der Waals surface area contributed by atoms with Gasteiger partial charge in [-0.25, -0.2) is 4.79 Å². The molecule has 0 aliphatic heterocycles. The van der Waals surface area contributed by atoms with Crippen molar-refractivity contribution in [1.29, 1.82) is 0 Å². The Morgan fingerprint density at radius 3 is 1.54 bits per heavy atom. The fourth-order valence-corrected chi connectivity index (χ4v) is 3.38. The van der Waals surface area contributed by atoms with Crippen molar-refractivity contribution in [3.05, 3.63) is 0 Å². The van der Waals surface area contributed by atoms with Gasteiger partial charge in [-0.05, 0) is 30.8 Å². The molecule has 0 spiro atoms. The number of hydrogen-bond acceptors (Lipinski definition) is 3. The first kappa shape index (κ1) is 26.7. The van der Waals surface area contributed by atoms with Gasteiger partial charge in [0.2, 0.25) is 5.96 Å². The molecule has 0 aromatic heterocycles. The second kappa shape index (κ2) is 14.7. The maximum Gasteiger partial charge on any atom is 0.341 e. The van der Waals surface area contributed by atoms with Crippen LogP contribution >= 0.6 is 0 Å². The molecular formula is C23H47N3O2. The lowest BCUT2D eigenvalue weighted by molar-refractivity contribution is -0.161. The maximum atomic E-state index is 12.3. The number of guanidine groups is 1. The fraction of sp³-hybridized carbons (Fsp3) is 0.913. The van der Waals surface area contributed by atoms with Crippen LogP contribution < -0.4 is 11.5 Å². The molecule has 5 heteroatoms. The Kier molecular flexibility index (Phi) is 14.0. The Morgan fingerprint density at radius 1 is 0.750 bits per heavy atom. The smallest absolute Gasteiger partial charge is 0.341 e. The highest BCUT2D eigenvalue weighted by molar-refractivity contribution is 5.79. The molecule has 0 saturated carbocycles. The average Bonchev–Trinajstić information content (AvgIpc) is 2.63. The summed E-state index contributed by atoms with van der Waals surface area (Å²) in [6.07, 6.45) is 18.4. The summed E-state index contributed by atoms with van der Waals surface area (Å²) in [5.74, 6) is -0.626. The number of hydrogen-bond donors (Lipinski definition) is 2. The molecule has 0 bridgehead atoms. The van der Waals surface area contributed by atoms with Crippen LogP contribution in [0, 0.1) is 10.8 Å². The van der Waals surface area contributed by atoms with E-state index in [1.54, 1.807) is 0 Å². The van der Waals surface area contributed by atoms with Gasteiger partial charge < -0.3 is 16.3 Å². The summed E-state index contributed by atoms with van der Waals surface area (Å²) in [5, 5.41) is 3.40.